The highest BCUT2D eigenvalue weighted by molar-refractivity contribution is 7.03. The molecule has 1 fully saturated rings. The van der Waals surface area contributed by atoms with Crippen molar-refractivity contribution in [1.82, 2.24) is 0 Å². The number of benzene rings is 2. The van der Waals surface area contributed by atoms with Crippen molar-refractivity contribution in [1.29, 1.82) is 0 Å². The van der Waals surface area contributed by atoms with E-state index < -0.39 is 8.07 Å². The molecule has 0 spiro atoms. The molecule has 0 unspecified atom stereocenters. The van der Waals surface area contributed by atoms with E-state index in [4.69, 9.17) is 9.47 Å². The van der Waals surface area contributed by atoms with Crippen molar-refractivity contribution in [2.45, 2.75) is 24.9 Å². The Kier molecular flexibility index (Phi) is 4.53. The maximum absolute atomic E-state index is 11.9. The lowest BCUT2D eigenvalue weighted by Crippen LogP contribution is -2.60. The number of Topliss-reactive ketones (excluding diaryl/α,β-unsaturated/α-hetero) is 1. The molecule has 0 N–H and O–H groups in total. The summed E-state index contributed by atoms with van der Waals surface area (Å²) in [5, 5.41) is 2.55. The molecule has 0 aliphatic carbocycles. The first kappa shape index (κ1) is 15.8. The molecule has 0 atom stereocenters. The van der Waals surface area contributed by atoms with Gasteiger partial charge in [0, 0.05) is 18.0 Å². The summed E-state index contributed by atoms with van der Waals surface area (Å²) in [6.45, 7) is 0. The minimum Gasteiger partial charge on any atom is -0.497 e. The Balaban J connectivity index is 2.23. The molecular weight excluding hydrogens is 304 g/mol. The van der Waals surface area contributed by atoms with Gasteiger partial charge in [0.15, 0.2) is 0 Å². The Labute approximate surface area is 138 Å². The predicted octanol–water partition coefficient (Wildman–Crippen LogP) is 2.63. The van der Waals surface area contributed by atoms with Gasteiger partial charge in [-0.3, -0.25) is 4.79 Å². The van der Waals surface area contributed by atoms with Crippen LogP contribution in [0.4, 0.5) is 0 Å². The molecule has 0 saturated carbocycles. The summed E-state index contributed by atoms with van der Waals surface area (Å²) in [6.07, 6.45) is 1.31. The van der Waals surface area contributed by atoms with Crippen molar-refractivity contribution in [2.24, 2.45) is 0 Å². The molecular formula is C19H22O3Si. The van der Waals surface area contributed by atoms with Crippen LogP contribution in [0.15, 0.2) is 48.5 Å². The largest absolute Gasteiger partial charge is 0.497 e. The fraction of sp³-hybridized carbons (Fsp3) is 0.316. The van der Waals surface area contributed by atoms with Crippen molar-refractivity contribution in [3.63, 3.8) is 0 Å². The molecule has 0 bridgehead atoms. The van der Waals surface area contributed by atoms with Gasteiger partial charge < -0.3 is 9.47 Å². The van der Waals surface area contributed by atoms with E-state index in [1.54, 1.807) is 14.2 Å². The van der Waals surface area contributed by atoms with Crippen LogP contribution in [0.5, 0.6) is 11.5 Å². The number of carbonyl (C=O) groups is 1. The number of ketones is 1. The molecule has 0 amide bonds. The zero-order valence-electron chi connectivity index (χ0n) is 13.7. The van der Waals surface area contributed by atoms with Crippen LogP contribution in [-0.4, -0.2) is 28.1 Å². The molecule has 1 heterocycles. The topological polar surface area (TPSA) is 35.5 Å². The quantitative estimate of drug-likeness (QED) is 0.810. The van der Waals surface area contributed by atoms with Crippen LogP contribution in [0.1, 0.15) is 12.8 Å². The van der Waals surface area contributed by atoms with Gasteiger partial charge in [0.05, 0.1) is 14.2 Å². The third-order valence-electron chi connectivity index (χ3n) is 4.89. The first-order valence-corrected chi connectivity index (χ1v) is 10.4. The van der Waals surface area contributed by atoms with E-state index in [0.717, 1.165) is 23.6 Å². The average Bonchev–Trinajstić information content (AvgIpc) is 2.63. The van der Waals surface area contributed by atoms with Crippen molar-refractivity contribution in [3.05, 3.63) is 48.5 Å². The molecule has 3 nitrogen and oxygen atoms in total. The van der Waals surface area contributed by atoms with Gasteiger partial charge in [-0.2, -0.15) is 0 Å². The van der Waals surface area contributed by atoms with Gasteiger partial charge in [0.1, 0.15) is 25.4 Å². The second-order valence-corrected chi connectivity index (χ2v) is 10.3. The number of rotatable bonds is 4. The Morgan fingerprint density at radius 1 is 0.826 bits per heavy atom. The summed E-state index contributed by atoms with van der Waals surface area (Å²) < 4.78 is 11.4. The third-order valence-corrected chi connectivity index (χ3v) is 9.99. The van der Waals surface area contributed by atoms with E-state index in [2.05, 4.69) is 24.3 Å². The summed E-state index contributed by atoms with van der Waals surface area (Å²) >= 11 is 0. The van der Waals surface area contributed by atoms with Crippen LogP contribution in [0.3, 0.4) is 0 Å². The smallest absolute Gasteiger partial charge is 0.132 e. The fourth-order valence-corrected chi connectivity index (χ4v) is 8.89. The zero-order valence-corrected chi connectivity index (χ0v) is 14.7. The highest BCUT2D eigenvalue weighted by Gasteiger charge is 2.44. The van der Waals surface area contributed by atoms with Gasteiger partial charge in [0.25, 0.3) is 0 Å². The van der Waals surface area contributed by atoms with Crippen LogP contribution in [0.2, 0.25) is 12.1 Å². The highest BCUT2D eigenvalue weighted by atomic mass is 28.3. The molecule has 1 saturated heterocycles. The Bertz CT molecular complexity index is 665. The summed E-state index contributed by atoms with van der Waals surface area (Å²) in [7, 11) is 1.34. The van der Waals surface area contributed by atoms with Crippen LogP contribution < -0.4 is 19.8 Å². The monoisotopic (exact) mass is 326 g/mol. The maximum atomic E-state index is 11.9. The lowest BCUT2D eigenvalue weighted by Gasteiger charge is -2.37. The fourth-order valence-electron chi connectivity index (χ4n) is 3.72. The average molecular weight is 326 g/mol. The van der Waals surface area contributed by atoms with Gasteiger partial charge in [0.2, 0.25) is 0 Å². The molecule has 23 heavy (non-hydrogen) atoms. The Hall–Kier alpha value is -2.07. The van der Waals surface area contributed by atoms with E-state index in [1.165, 1.54) is 10.4 Å². The van der Waals surface area contributed by atoms with Crippen LogP contribution in [0, 0.1) is 0 Å². The van der Waals surface area contributed by atoms with Crippen LogP contribution in [0.25, 0.3) is 0 Å². The molecule has 0 aromatic heterocycles. The number of carbonyl (C=O) groups excluding carboxylic acids is 1. The number of hydrogen-bond acceptors (Lipinski definition) is 3. The molecule has 0 radical (unpaired) electrons. The van der Waals surface area contributed by atoms with Gasteiger partial charge in [-0.15, -0.1) is 0 Å². The van der Waals surface area contributed by atoms with Crippen molar-refractivity contribution in [2.75, 3.05) is 14.2 Å². The minimum absolute atomic E-state index is 0.373. The van der Waals surface area contributed by atoms with Gasteiger partial charge >= 0.3 is 0 Å². The van der Waals surface area contributed by atoms with Gasteiger partial charge in [-0.05, 0) is 24.2 Å². The van der Waals surface area contributed by atoms with E-state index in [0.29, 0.717) is 18.6 Å². The second kappa shape index (κ2) is 6.58. The number of methoxy groups -OCH3 is 2. The SMILES string of the molecule is COc1cccc(OC)c1[Si]1(c2ccccc2)CCC(=O)CC1. The Morgan fingerprint density at radius 3 is 1.91 bits per heavy atom. The molecule has 2 aromatic carbocycles. The Morgan fingerprint density at radius 2 is 1.39 bits per heavy atom. The minimum atomic E-state index is -2.08. The third kappa shape index (κ3) is 2.79. The maximum Gasteiger partial charge on any atom is 0.132 e. The first-order valence-electron chi connectivity index (χ1n) is 8.00. The van der Waals surface area contributed by atoms with Crippen molar-refractivity contribution < 1.29 is 14.3 Å². The van der Waals surface area contributed by atoms with E-state index in [9.17, 15) is 4.79 Å². The van der Waals surface area contributed by atoms with Crippen molar-refractivity contribution >= 4 is 24.2 Å². The lowest BCUT2D eigenvalue weighted by atomic mass is 10.2. The van der Waals surface area contributed by atoms with Gasteiger partial charge in [-0.25, -0.2) is 0 Å². The summed E-state index contributed by atoms with van der Waals surface area (Å²) in [6, 6.07) is 18.4. The normalized spacial score (nSPS) is 16.9. The molecule has 1 aliphatic rings. The highest BCUT2D eigenvalue weighted by Crippen LogP contribution is 2.32. The first-order chi connectivity index (χ1) is 11.2. The van der Waals surface area contributed by atoms with E-state index in [-0.39, 0.29) is 0 Å². The van der Waals surface area contributed by atoms with Gasteiger partial charge in [-0.1, -0.05) is 41.6 Å². The molecule has 4 heteroatoms. The lowest BCUT2D eigenvalue weighted by molar-refractivity contribution is -0.118. The molecule has 1 aliphatic heterocycles. The second-order valence-electron chi connectivity index (χ2n) is 6.02. The predicted molar refractivity (Wildman–Crippen MR) is 94.9 cm³/mol. The summed E-state index contributed by atoms with van der Waals surface area (Å²) in [5.74, 6) is 2.14. The number of ether oxygens (including phenoxy) is 2. The standard InChI is InChI=1S/C19H22O3Si/c1-21-17-9-6-10-18(22-2)19(17)23(13-11-15(20)12-14-23)16-7-4-3-5-8-16/h3-10H,11-14H2,1-2H3. The molecule has 3 rings (SSSR count). The van der Waals surface area contributed by atoms with E-state index >= 15 is 0 Å². The zero-order chi connectivity index (χ0) is 16.3. The molecule has 120 valence electrons. The number of hydrogen-bond donors (Lipinski definition) is 0. The van der Waals surface area contributed by atoms with E-state index in [1.807, 2.05) is 24.3 Å². The van der Waals surface area contributed by atoms with Crippen molar-refractivity contribution in [3.8, 4) is 11.5 Å². The summed E-state index contributed by atoms with van der Waals surface area (Å²) in [5.41, 5.74) is 0. The van der Waals surface area contributed by atoms with Crippen LogP contribution >= 0.6 is 0 Å². The molecule has 2 aromatic rings. The van der Waals surface area contributed by atoms with Crippen LogP contribution in [-0.2, 0) is 4.79 Å². The summed E-state index contributed by atoms with van der Waals surface area (Å²) in [4.78, 5) is 11.9.